The van der Waals surface area contributed by atoms with Crippen molar-refractivity contribution in [3.05, 3.63) is 0 Å². The van der Waals surface area contributed by atoms with Crippen LogP contribution in [0, 0.1) is 0 Å². The van der Waals surface area contributed by atoms with Crippen LogP contribution in [0.4, 0.5) is 0 Å². The number of aliphatic carboxylic acids is 1. The first-order chi connectivity index (χ1) is 9.93. The van der Waals surface area contributed by atoms with Gasteiger partial charge in [0.2, 0.25) is 11.8 Å². The van der Waals surface area contributed by atoms with Gasteiger partial charge in [-0.05, 0) is 25.7 Å². The van der Waals surface area contributed by atoms with Crippen LogP contribution in [0.2, 0.25) is 0 Å². The fourth-order valence-corrected chi connectivity index (χ4v) is 2.41. The number of carboxylic acid groups (broad SMARTS) is 1. The Labute approximate surface area is 124 Å². The molecule has 1 saturated heterocycles. The number of carbonyl (C=O) groups excluding carboxylic acids is 2. The second kappa shape index (κ2) is 8.61. The largest absolute Gasteiger partial charge is 0.481 e. The highest BCUT2D eigenvalue weighted by Gasteiger charge is 2.27. The number of nitrogens with one attached hydrogen (secondary N) is 1. The van der Waals surface area contributed by atoms with Gasteiger partial charge in [0.05, 0.1) is 6.04 Å². The lowest BCUT2D eigenvalue weighted by Gasteiger charge is -2.33. The van der Waals surface area contributed by atoms with Crippen molar-refractivity contribution in [1.29, 1.82) is 0 Å². The van der Waals surface area contributed by atoms with E-state index in [0.29, 0.717) is 32.4 Å². The lowest BCUT2D eigenvalue weighted by atomic mass is 10.0. The van der Waals surface area contributed by atoms with E-state index in [9.17, 15) is 14.4 Å². The van der Waals surface area contributed by atoms with Gasteiger partial charge in [0.15, 0.2) is 0 Å². The molecule has 2 amide bonds. The Bertz CT molecular complexity index is 378. The van der Waals surface area contributed by atoms with Gasteiger partial charge in [0.1, 0.15) is 0 Å². The summed E-state index contributed by atoms with van der Waals surface area (Å²) >= 11 is 0. The quantitative estimate of drug-likeness (QED) is 0.616. The molecule has 1 rings (SSSR count). The maximum atomic E-state index is 12.1. The van der Waals surface area contributed by atoms with Crippen molar-refractivity contribution < 1.29 is 19.5 Å². The molecular formula is C14H25N3O4. The van der Waals surface area contributed by atoms with Crippen molar-refractivity contribution in [3.63, 3.8) is 0 Å². The molecule has 0 aromatic rings. The van der Waals surface area contributed by atoms with Crippen LogP contribution >= 0.6 is 0 Å². The normalized spacial score (nSPS) is 17.3. The summed E-state index contributed by atoms with van der Waals surface area (Å²) in [5, 5.41) is 11.6. The number of hydrogen-bond donors (Lipinski definition) is 3. The summed E-state index contributed by atoms with van der Waals surface area (Å²) in [4.78, 5) is 35.7. The summed E-state index contributed by atoms with van der Waals surface area (Å²) in [6.07, 6.45) is 2.83. The zero-order valence-electron chi connectivity index (χ0n) is 12.5. The molecule has 0 aromatic carbocycles. The highest BCUT2D eigenvalue weighted by molar-refractivity contribution is 5.82. The lowest BCUT2D eigenvalue weighted by Crippen LogP contribution is -2.51. The lowest BCUT2D eigenvalue weighted by molar-refractivity contribution is -0.137. The summed E-state index contributed by atoms with van der Waals surface area (Å²) in [6, 6.07) is -0.643. The topological polar surface area (TPSA) is 113 Å². The smallest absolute Gasteiger partial charge is 0.303 e. The van der Waals surface area contributed by atoms with Gasteiger partial charge >= 0.3 is 5.97 Å². The molecule has 7 heteroatoms. The number of rotatable bonds is 7. The first-order valence-corrected chi connectivity index (χ1v) is 7.49. The zero-order chi connectivity index (χ0) is 15.8. The predicted molar refractivity (Wildman–Crippen MR) is 77.5 cm³/mol. The molecule has 0 radical (unpaired) electrons. The maximum absolute atomic E-state index is 12.1. The van der Waals surface area contributed by atoms with Crippen molar-refractivity contribution in [2.75, 3.05) is 13.1 Å². The second-order valence-corrected chi connectivity index (χ2v) is 5.46. The fourth-order valence-electron chi connectivity index (χ4n) is 2.41. The third-order valence-corrected chi connectivity index (χ3v) is 3.64. The van der Waals surface area contributed by atoms with Crippen molar-refractivity contribution in [2.45, 2.75) is 57.5 Å². The Morgan fingerprint density at radius 1 is 1.29 bits per heavy atom. The van der Waals surface area contributed by atoms with Crippen LogP contribution in [0.1, 0.15) is 45.4 Å². The summed E-state index contributed by atoms with van der Waals surface area (Å²) in [7, 11) is 0. The third-order valence-electron chi connectivity index (χ3n) is 3.64. The fraction of sp³-hybridized carbons (Fsp3) is 0.786. The van der Waals surface area contributed by atoms with Gasteiger partial charge in [-0.3, -0.25) is 14.4 Å². The second-order valence-electron chi connectivity index (χ2n) is 5.46. The number of amides is 2. The first kappa shape index (κ1) is 17.4. The molecule has 1 atom stereocenters. The Morgan fingerprint density at radius 3 is 2.43 bits per heavy atom. The number of hydrogen-bond acceptors (Lipinski definition) is 4. The molecule has 1 unspecified atom stereocenters. The monoisotopic (exact) mass is 299 g/mol. The molecule has 1 aliphatic heterocycles. The van der Waals surface area contributed by atoms with E-state index in [0.717, 1.165) is 6.42 Å². The summed E-state index contributed by atoms with van der Waals surface area (Å²) in [5.41, 5.74) is 5.73. The maximum Gasteiger partial charge on any atom is 0.303 e. The standard InChI is InChI=1S/C14H25N3O4/c1-2-3-12(18)16-10-6-8-17(9-7-10)14(21)11(15)4-5-13(19)20/h10-11H,2-9,15H2,1H3,(H,16,18)(H,19,20). The first-order valence-electron chi connectivity index (χ1n) is 7.49. The van der Waals surface area contributed by atoms with Crippen LogP contribution in [-0.4, -0.2) is 53.0 Å². The number of carboxylic acids is 1. The molecule has 0 aliphatic carbocycles. The number of nitrogens with zero attached hydrogens (tertiary/aromatic N) is 1. The molecule has 0 aromatic heterocycles. The third kappa shape index (κ3) is 6.12. The Hall–Kier alpha value is -1.63. The van der Waals surface area contributed by atoms with Crippen LogP contribution in [0.3, 0.4) is 0 Å². The molecule has 0 saturated carbocycles. The molecule has 21 heavy (non-hydrogen) atoms. The van der Waals surface area contributed by atoms with Crippen molar-refractivity contribution in [1.82, 2.24) is 10.2 Å². The van der Waals surface area contributed by atoms with Crippen molar-refractivity contribution in [3.8, 4) is 0 Å². The van der Waals surface area contributed by atoms with Crippen LogP contribution in [0.25, 0.3) is 0 Å². The number of likely N-dealkylation sites (tertiary alicyclic amines) is 1. The van der Waals surface area contributed by atoms with E-state index in [1.165, 1.54) is 0 Å². The van der Waals surface area contributed by atoms with Gasteiger partial charge in [0.25, 0.3) is 0 Å². The minimum Gasteiger partial charge on any atom is -0.481 e. The molecule has 1 heterocycles. The van der Waals surface area contributed by atoms with Gasteiger partial charge in [-0.25, -0.2) is 0 Å². The van der Waals surface area contributed by atoms with Gasteiger partial charge in [-0.1, -0.05) is 6.92 Å². The van der Waals surface area contributed by atoms with E-state index < -0.39 is 12.0 Å². The minimum absolute atomic E-state index is 0.0560. The van der Waals surface area contributed by atoms with Crippen molar-refractivity contribution in [2.24, 2.45) is 5.73 Å². The predicted octanol–water partition coefficient (Wildman–Crippen LogP) is 0.0858. The van der Waals surface area contributed by atoms with E-state index in [1.54, 1.807) is 4.90 Å². The molecule has 7 nitrogen and oxygen atoms in total. The molecule has 4 N–H and O–H groups in total. The molecular weight excluding hydrogens is 274 g/mol. The number of nitrogens with two attached hydrogens (primary N) is 1. The van der Waals surface area contributed by atoms with E-state index >= 15 is 0 Å². The van der Waals surface area contributed by atoms with Gasteiger partial charge in [0, 0.05) is 32.0 Å². The molecule has 120 valence electrons. The number of piperidine rings is 1. The van der Waals surface area contributed by atoms with Crippen LogP contribution in [0.5, 0.6) is 0 Å². The van der Waals surface area contributed by atoms with E-state index in [2.05, 4.69) is 5.32 Å². The van der Waals surface area contributed by atoms with Gasteiger partial charge in [-0.2, -0.15) is 0 Å². The van der Waals surface area contributed by atoms with Crippen LogP contribution < -0.4 is 11.1 Å². The van der Waals surface area contributed by atoms with Gasteiger partial charge < -0.3 is 21.1 Å². The Kier molecular flexibility index (Phi) is 7.14. The average Bonchev–Trinajstić information content (AvgIpc) is 2.45. The molecule has 1 fully saturated rings. The van der Waals surface area contributed by atoms with Crippen molar-refractivity contribution >= 4 is 17.8 Å². The zero-order valence-corrected chi connectivity index (χ0v) is 12.5. The highest BCUT2D eigenvalue weighted by atomic mass is 16.4. The molecule has 0 spiro atoms. The van der Waals surface area contributed by atoms with E-state index in [1.807, 2.05) is 6.92 Å². The summed E-state index contributed by atoms with van der Waals surface area (Å²) < 4.78 is 0. The summed E-state index contributed by atoms with van der Waals surface area (Å²) in [6.45, 7) is 3.06. The Morgan fingerprint density at radius 2 is 1.90 bits per heavy atom. The average molecular weight is 299 g/mol. The minimum atomic E-state index is -0.949. The van der Waals surface area contributed by atoms with Crippen LogP contribution in [0.15, 0.2) is 0 Å². The number of carbonyl (C=O) groups is 3. The molecule has 0 bridgehead atoms. The van der Waals surface area contributed by atoms with E-state index in [4.69, 9.17) is 10.8 Å². The SMILES string of the molecule is CCCC(=O)NC1CCN(C(=O)C(N)CCC(=O)O)CC1. The molecule has 1 aliphatic rings. The van der Waals surface area contributed by atoms with E-state index in [-0.39, 0.29) is 30.7 Å². The highest BCUT2D eigenvalue weighted by Crippen LogP contribution is 2.12. The van der Waals surface area contributed by atoms with Crippen LogP contribution in [-0.2, 0) is 14.4 Å². The Balaban J connectivity index is 2.33. The van der Waals surface area contributed by atoms with Gasteiger partial charge in [-0.15, -0.1) is 0 Å². The summed E-state index contributed by atoms with van der Waals surface area (Å²) in [5.74, 6) is -1.09.